The molecule has 1 aliphatic heterocycles. The molecule has 0 radical (unpaired) electrons. The van der Waals surface area contributed by atoms with Gasteiger partial charge in [0.2, 0.25) is 11.9 Å². The molecule has 2 aromatic rings. The SMILES string of the molecule is CCOc1ccccc1C(=O)NCC(=O)Nc1nnc2n1CCCC2. The monoisotopic (exact) mass is 343 g/mol. The summed E-state index contributed by atoms with van der Waals surface area (Å²) in [4.78, 5) is 24.4. The predicted molar refractivity (Wildman–Crippen MR) is 91.5 cm³/mol. The zero-order valence-corrected chi connectivity index (χ0v) is 14.1. The summed E-state index contributed by atoms with van der Waals surface area (Å²) >= 11 is 0. The molecule has 1 aromatic heterocycles. The number of amides is 2. The third-order valence-electron chi connectivity index (χ3n) is 3.95. The van der Waals surface area contributed by atoms with Crippen LogP contribution in [-0.2, 0) is 17.8 Å². The van der Waals surface area contributed by atoms with E-state index < -0.39 is 0 Å². The molecule has 0 unspecified atom stereocenters. The van der Waals surface area contributed by atoms with Crippen molar-refractivity contribution < 1.29 is 14.3 Å². The van der Waals surface area contributed by atoms with Gasteiger partial charge in [0.1, 0.15) is 11.6 Å². The quantitative estimate of drug-likeness (QED) is 0.826. The van der Waals surface area contributed by atoms with Crippen LogP contribution in [0.2, 0.25) is 0 Å². The molecule has 0 saturated carbocycles. The number of ether oxygens (including phenoxy) is 1. The number of hydrogen-bond donors (Lipinski definition) is 2. The molecule has 132 valence electrons. The van der Waals surface area contributed by atoms with Gasteiger partial charge in [0.15, 0.2) is 0 Å². The first-order chi connectivity index (χ1) is 12.2. The number of carbonyl (C=O) groups is 2. The van der Waals surface area contributed by atoms with Crippen molar-refractivity contribution in [3.8, 4) is 5.75 Å². The number of para-hydroxylation sites is 1. The minimum Gasteiger partial charge on any atom is -0.493 e. The first kappa shape index (κ1) is 16.9. The zero-order chi connectivity index (χ0) is 17.6. The van der Waals surface area contributed by atoms with Gasteiger partial charge in [-0.15, -0.1) is 10.2 Å². The summed E-state index contributed by atoms with van der Waals surface area (Å²) < 4.78 is 7.34. The highest BCUT2D eigenvalue weighted by molar-refractivity contribution is 6.00. The van der Waals surface area contributed by atoms with E-state index in [2.05, 4.69) is 20.8 Å². The van der Waals surface area contributed by atoms with Crippen LogP contribution in [0.15, 0.2) is 24.3 Å². The van der Waals surface area contributed by atoms with E-state index >= 15 is 0 Å². The van der Waals surface area contributed by atoms with Crippen LogP contribution in [-0.4, -0.2) is 39.7 Å². The van der Waals surface area contributed by atoms with E-state index in [9.17, 15) is 9.59 Å². The molecule has 0 saturated heterocycles. The number of benzene rings is 1. The predicted octanol–water partition coefficient (Wildman–Crippen LogP) is 1.38. The number of fused-ring (bicyclic) bond motifs is 1. The molecule has 0 bridgehead atoms. The number of nitrogens with one attached hydrogen (secondary N) is 2. The number of aromatic nitrogens is 3. The second-order valence-corrected chi connectivity index (χ2v) is 5.71. The summed E-state index contributed by atoms with van der Waals surface area (Å²) in [6.45, 7) is 2.96. The van der Waals surface area contributed by atoms with Gasteiger partial charge in [0, 0.05) is 13.0 Å². The topological polar surface area (TPSA) is 98.1 Å². The Morgan fingerprint density at radius 2 is 2.08 bits per heavy atom. The van der Waals surface area contributed by atoms with Crippen LogP contribution in [0.3, 0.4) is 0 Å². The fraction of sp³-hybridized carbons (Fsp3) is 0.412. The van der Waals surface area contributed by atoms with Gasteiger partial charge >= 0.3 is 0 Å². The van der Waals surface area contributed by atoms with E-state index in [1.54, 1.807) is 24.3 Å². The van der Waals surface area contributed by atoms with Gasteiger partial charge in [-0.25, -0.2) is 0 Å². The Hall–Kier alpha value is -2.90. The molecular weight excluding hydrogens is 322 g/mol. The van der Waals surface area contributed by atoms with E-state index in [0.29, 0.717) is 23.9 Å². The van der Waals surface area contributed by atoms with Gasteiger partial charge in [0.25, 0.3) is 5.91 Å². The van der Waals surface area contributed by atoms with Crippen molar-refractivity contribution >= 4 is 17.8 Å². The summed E-state index contributed by atoms with van der Waals surface area (Å²) in [6.07, 6.45) is 2.99. The highest BCUT2D eigenvalue weighted by Crippen LogP contribution is 2.18. The Bertz CT molecular complexity index is 771. The number of rotatable bonds is 6. The fourth-order valence-corrected chi connectivity index (χ4v) is 2.76. The molecule has 2 amide bonds. The van der Waals surface area contributed by atoms with Gasteiger partial charge < -0.3 is 10.1 Å². The highest BCUT2D eigenvalue weighted by atomic mass is 16.5. The van der Waals surface area contributed by atoms with Gasteiger partial charge in [-0.3, -0.25) is 19.5 Å². The van der Waals surface area contributed by atoms with E-state index in [1.165, 1.54) is 0 Å². The van der Waals surface area contributed by atoms with Crippen LogP contribution in [0, 0.1) is 0 Å². The summed E-state index contributed by atoms with van der Waals surface area (Å²) in [7, 11) is 0. The zero-order valence-electron chi connectivity index (χ0n) is 14.1. The van der Waals surface area contributed by atoms with E-state index in [0.717, 1.165) is 31.6 Å². The normalized spacial score (nSPS) is 13.0. The lowest BCUT2D eigenvalue weighted by molar-refractivity contribution is -0.115. The van der Waals surface area contributed by atoms with Crippen LogP contribution < -0.4 is 15.4 Å². The Morgan fingerprint density at radius 1 is 1.24 bits per heavy atom. The van der Waals surface area contributed by atoms with E-state index in [1.807, 2.05) is 11.5 Å². The maximum Gasteiger partial charge on any atom is 0.255 e. The first-order valence-electron chi connectivity index (χ1n) is 8.41. The molecule has 3 rings (SSSR count). The fourth-order valence-electron chi connectivity index (χ4n) is 2.76. The molecular formula is C17H21N5O3. The number of nitrogens with zero attached hydrogens (tertiary/aromatic N) is 3. The van der Waals surface area contributed by atoms with Crippen LogP contribution in [0.25, 0.3) is 0 Å². The largest absolute Gasteiger partial charge is 0.493 e. The van der Waals surface area contributed by atoms with Gasteiger partial charge in [-0.05, 0) is 31.9 Å². The van der Waals surface area contributed by atoms with Crippen molar-refractivity contribution in [2.75, 3.05) is 18.5 Å². The summed E-state index contributed by atoms with van der Waals surface area (Å²) in [5, 5.41) is 13.4. The lowest BCUT2D eigenvalue weighted by Crippen LogP contribution is -2.33. The van der Waals surface area contributed by atoms with Gasteiger partial charge in [0.05, 0.1) is 18.7 Å². The van der Waals surface area contributed by atoms with Gasteiger partial charge in [-0.1, -0.05) is 12.1 Å². The van der Waals surface area contributed by atoms with Crippen molar-refractivity contribution in [1.82, 2.24) is 20.1 Å². The number of anilines is 1. The molecule has 0 aliphatic carbocycles. The molecule has 0 spiro atoms. The van der Waals surface area contributed by atoms with Crippen LogP contribution >= 0.6 is 0 Å². The highest BCUT2D eigenvalue weighted by Gasteiger charge is 2.18. The molecule has 1 aliphatic rings. The second kappa shape index (κ2) is 7.78. The van der Waals surface area contributed by atoms with Crippen LogP contribution in [0.1, 0.15) is 35.9 Å². The summed E-state index contributed by atoms with van der Waals surface area (Å²) in [5.74, 6) is 1.11. The average molecular weight is 343 g/mol. The Labute approximate surface area is 145 Å². The van der Waals surface area contributed by atoms with Crippen molar-refractivity contribution in [3.63, 3.8) is 0 Å². The maximum absolute atomic E-state index is 12.3. The molecule has 8 nitrogen and oxygen atoms in total. The lowest BCUT2D eigenvalue weighted by atomic mass is 10.2. The molecule has 25 heavy (non-hydrogen) atoms. The lowest BCUT2D eigenvalue weighted by Gasteiger charge is -2.15. The van der Waals surface area contributed by atoms with Crippen LogP contribution in [0.5, 0.6) is 5.75 Å². The maximum atomic E-state index is 12.3. The first-order valence-corrected chi connectivity index (χ1v) is 8.41. The number of aryl methyl sites for hydroxylation is 1. The third kappa shape index (κ3) is 3.96. The number of hydrogen-bond acceptors (Lipinski definition) is 5. The summed E-state index contributed by atoms with van der Waals surface area (Å²) in [5.41, 5.74) is 0.400. The minimum absolute atomic E-state index is 0.151. The van der Waals surface area contributed by atoms with E-state index in [4.69, 9.17) is 4.74 Å². The van der Waals surface area contributed by atoms with Crippen molar-refractivity contribution in [3.05, 3.63) is 35.7 Å². The molecule has 2 heterocycles. The molecule has 0 fully saturated rings. The molecule has 0 atom stereocenters. The molecule has 2 N–H and O–H groups in total. The van der Waals surface area contributed by atoms with Crippen molar-refractivity contribution in [2.24, 2.45) is 0 Å². The molecule has 8 heteroatoms. The Balaban J connectivity index is 1.57. The van der Waals surface area contributed by atoms with Gasteiger partial charge in [-0.2, -0.15) is 0 Å². The summed E-state index contributed by atoms with van der Waals surface area (Å²) in [6, 6.07) is 6.93. The standard InChI is InChI=1S/C17H21N5O3/c1-2-25-13-8-4-3-7-12(13)16(24)18-11-15(23)19-17-21-20-14-9-5-6-10-22(14)17/h3-4,7-8H,2,5-6,9-11H2,1H3,(H,18,24)(H,19,21,23). The minimum atomic E-state index is -0.359. The smallest absolute Gasteiger partial charge is 0.255 e. The molecule has 1 aromatic carbocycles. The van der Waals surface area contributed by atoms with Crippen LogP contribution in [0.4, 0.5) is 5.95 Å². The Kier molecular flexibility index (Phi) is 5.27. The third-order valence-corrected chi connectivity index (χ3v) is 3.95. The van der Waals surface area contributed by atoms with Crippen molar-refractivity contribution in [2.45, 2.75) is 32.7 Å². The second-order valence-electron chi connectivity index (χ2n) is 5.71. The Morgan fingerprint density at radius 3 is 2.92 bits per heavy atom. The number of carbonyl (C=O) groups excluding carboxylic acids is 2. The average Bonchev–Trinajstić information content (AvgIpc) is 3.03. The van der Waals surface area contributed by atoms with E-state index in [-0.39, 0.29) is 18.4 Å². The van der Waals surface area contributed by atoms with Crippen molar-refractivity contribution in [1.29, 1.82) is 0 Å².